The predicted octanol–water partition coefficient (Wildman–Crippen LogP) is 2.58. The highest BCUT2D eigenvalue weighted by molar-refractivity contribution is 5.87. The zero-order valence-corrected chi connectivity index (χ0v) is 18.9. The molecule has 0 bridgehead atoms. The molecular formula is C24H25N5O6. The topological polar surface area (TPSA) is 141 Å². The Morgan fingerprint density at radius 2 is 1.54 bits per heavy atom. The van der Waals surface area contributed by atoms with E-state index in [0.717, 1.165) is 36.8 Å². The number of anilines is 1. The van der Waals surface area contributed by atoms with Crippen LogP contribution in [0.4, 0.5) is 10.6 Å². The van der Waals surface area contributed by atoms with E-state index in [1.165, 1.54) is 29.1 Å². The highest BCUT2D eigenvalue weighted by Crippen LogP contribution is 2.40. The minimum Gasteiger partial charge on any atom is -0.494 e. The molecule has 0 radical (unpaired) electrons. The summed E-state index contributed by atoms with van der Waals surface area (Å²) in [6.07, 6.45) is 5.62. The van der Waals surface area contributed by atoms with Gasteiger partial charge in [-0.1, -0.05) is 0 Å². The number of pyridine rings is 2. The maximum Gasteiger partial charge on any atom is 0.416 e. The maximum atomic E-state index is 12.6. The number of fused-ring (bicyclic) bond motifs is 1. The number of carboxylic acids is 1. The fourth-order valence-corrected chi connectivity index (χ4v) is 4.55. The molecular weight excluding hydrogens is 454 g/mol. The molecule has 1 aliphatic heterocycles. The van der Waals surface area contributed by atoms with Crippen LogP contribution in [-0.2, 0) is 12.8 Å². The van der Waals surface area contributed by atoms with Crippen molar-refractivity contribution in [1.82, 2.24) is 19.4 Å². The molecule has 1 amide bonds. The quantitative estimate of drug-likeness (QED) is 0.515. The third kappa shape index (κ3) is 4.32. The van der Waals surface area contributed by atoms with Crippen molar-refractivity contribution in [2.45, 2.75) is 25.7 Å². The number of rotatable bonds is 4. The van der Waals surface area contributed by atoms with Crippen molar-refractivity contribution in [2.75, 3.05) is 31.1 Å². The fraction of sp³-hybridized carbons (Fsp3) is 0.333. The van der Waals surface area contributed by atoms with Crippen LogP contribution in [0.2, 0.25) is 0 Å². The van der Waals surface area contributed by atoms with Gasteiger partial charge in [0.1, 0.15) is 5.82 Å². The van der Waals surface area contributed by atoms with Gasteiger partial charge < -0.3 is 29.9 Å². The molecule has 35 heavy (non-hydrogen) atoms. The van der Waals surface area contributed by atoms with Crippen LogP contribution in [0.1, 0.15) is 34.3 Å². The largest absolute Gasteiger partial charge is 0.494 e. The van der Waals surface area contributed by atoms with Gasteiger partial charge in [0.05, 0.1) is 17.4 Å². The number of ether oxygens (including phenoxy) is 1. The average Bonchev–Trinajstić information content (AvgIpc) is 3.14. The minimum atomic E-state index is -1.03. The number of aromatic nitrogens is 3. The first-order valence-electron chi connectivity index (χ1n) is 11.4. The summed E-state index contributed by atoms with van der Waals surface area (Å²) in [5.41, 5.74) is 2.15. The first-order chi connectivity index (χ1) is 16.9. The van der Waals surface area contributed by atoms with Gasteiger partial charge in [0.25, 0.3) is 0 Å². The van der Waals surface area contributed by atoms with E-state index in [0.29, 0.717) is 37.7 Å². The molecule has 4 heterocycles. The molecule has 0 aromatic carbocycles. The second-order valence-corrected chi connectivity index (χ2v) is 8.55. The average molecular weight is 479 g/mol. The minimum absolute atomic E-state index is 0.0219. The smallest absolute Gasteiger partial charge is 0.416 e. The van der Waals surface area contributed by atoms with E-state index < -0.39 is 12.1 Å². The molecule has 11 nitrogen and oxygen atoms in total. The van der Waals surface area contributed by atoms with Gasteiger partial charge >= 0.3 is 12.1 Å². The van der Waals surface area contributed by atoms with Crippen LogP contribution < -0.4 is 9.64 Å². The van der Waals surface area contributed by atoms with E-state index in [4.69, 9.17) is 9.84 Å². The molecule has 1 aliphatic carbocycles. The SMILES string of the molecule is O=C(O)c1ccc(N2CCN(C(=O)Oc3ccc(-n4c(O)c5c(c4O)CCCC5)cn3)CC2)nc1. The van der Waals surface area contributed by atoms with E-state index in [-0.39, 0.29) is 23.2 Å². The van der Waals surface area contributed by atoms with Gasteiger partial charge in [-0.25, -0.2) is 24.1 Å². The summed E-state index contributed by atoms with van der Waals surface area (Å²) in [4.78, 5) is 35.5. The Morgan fingerprint density at radius 3 is 2.09 bits per heavy atom. The van der Waals surface area contributed by atoms with Crippen molar-refractivity contribution in [1.29, 1.82) is 0 Å². The van der Waals surface area contributed by atoms with Gasteiger partial charge in [-0.2, -0.15) is 0 Å². The Balaban J connectivity index is 1.20. The highest BCUT2D eigenvalue weighted by atomic mass is 16.6. The molecule has 2 aliphatic rings. The van der Waals surface area contributed by atoms with Crippen molar-refractivity contribution in [3.05, 3.63) is 53.3 Å². The maximum absolute atomic E-state index is 12.6. The molecule has 1 saturated heterocycles. The van der Waals surface area contributed by atoms with Gasteiger partial charge in [-0.3, -0.25) is 0 Å². The van der Waals surface area contributed by atoms with Crippen molar-refractivity contribution in [2.24, 2.45) is 0 Å². The molecule has 182 valence electrons. The summed E-state index contributed by atoms with van der Waals surface area (Å²) in [5.74, 6) is -0.219. The predicted molar refractivity (Wildman–Crippen MR) is 125 cm³/mol. The van der Waals surface area contributed by atoms with E-state index >= 15 is 0 Å². The van der Waals surface area contributed by atoms with Crippen LogP contribution in [0.25, 0.3) is 5.69 Å². The summed E-state index contributed by atoms with van der Waals surface area (Å²) < 4.78 is 6.78. The van der Waals surface area contributed by atoms with Crippen LogP contribution in [0, 0.1) is 0 Å². The van der Waals surface area contributed by atoms with Crippen LogP contribution in [0.5, 0.6) is 17.6 Å². The monoisotopic (exact) mass is 479 g/mol. The lowest BCUT2D eigenvalue weighted by Gasteiger charge is -2.34. The lowest BCUT2D eigenvalue weighted by atomic mass is 9.95. The number of hydrogen-bond acceptors (Lipinski definition) is 8. The first-order valence-corrected chi connectivity index (χ1v) is 11.4. The Hall–Kier alpha value is -4.28. The Morgan fingerprint density at radius 1 is 0.857 bits per heavy atom. The molecule has 3 N–H and O–H groups in total. The molecule has 11 heteroatoms. The molecule has 0 spiro atoms. The number of aromatic hydroxyl groups is 2. The van der Waals surface area contributed by atoms with E-state index in [2.05, 4.69) is 9.97 Å². The number of piperazine rings is 1. The van der Waals surface area contributed by atoms with Crippen molar-refractivity contribution < 1.29 is 29.6 Å². The van der Waals surface area contributed by atoms with E-state index in [9.17, 15) is 19.8 Å². The molecule has 5 rings (SSSR count). The van der Waals surface area contributed by atoms with Crippen LogP contribution in [-0.4, -0.2) is 73.0 Å². The lowest BCUT2D eigenvalue weighted by molar-refractivity contribution is 0.0696. The Kier molecular flexibility index (Phi) is 5.89. The molecule has 0 saturated carbocycles. The van der Waals surface area contributed by atoms with Crippen LogP contribution >= 0.6 is 0 Å². The van der Waals surface area contributed by atoms with Gasteiger partial charge in [-0.05, 0) is 43.9 Å². The number of hydrogen-bond donors (Lipinski definition) is 3. The first kappa shape index (κ1) is 22.5. The summed E-state index contributed by atoms with van der Waals surface area (Å²) >= 11 is 0. The summed E-state index contributed by atoms with van der Waals surface area (Å²) in [6.45, 7) is 1.88. The number of aromatic carboxylic acids is 1. The number of carboxylic acid groups (broad SMARTS) is 1. The molecule has 0 unspecified atom stereocenters. The zero-order valence-electron chi connectivity index (χ0n) is 18.9. The normalized spacial score (nSPS) is 15.5. The number of amides is 1. The van der Waals surface area contributed by atoms with Gasteiger partial charge in [-0.15, -0.1) is 0 Å². The van der Waals surface area contributed by atoms with E-state index in [1.807, 2.05) is 4.90 Å². The van der Waals surface area contributed by atoms with Crippen LogP contribution in [0.3, 0.4) is 0 Å². The summed E-state index contributed by atoms with van der Waals surface area (Å²) in [6, 6.07) is 6.31. The second-order valence-electron chi connectivity index (χ2n) is 8.55. The summed E-state index contributed by atoms with van der Waals surface area (Å²) in [7, 11) is 0. The standard InChI is InChI=1S/C24H25N5O6/c30-21-17-3-1-2-4-18(17)22(31)29(21)16-6-8-20(26-14-16)35-24(34)28-11-9-27(10-12-28)19-7-5-15(13-25-19)23(32)33/h5-8,13-14,30-31H,1-4,9-12H2,(H,32,33). The highest BCUT2D eigenvalue weighted by Gasteiger charge is 2.26. The zero-order chi connectivity index (χ0) is 24.5. The van der Waals surface area contributed by atoms with Gasteiger partial charge in [0.2, 0.25) is 17.6 Å². The lowest BCUT2D eigenvalue weighted by Crippen LogP contribution is -2.49. The third-order valence-corrected chi connectivity index (χ3v) is 6.46. The molecule has 1 fully saturated rings. The van der Waals surface area contributed by atoms with Crippen molar-refractivity contribution >= 4 is 17.9 Å². The third-order valence-electron chi connectivity index (χ3n) is 6.46. The van der Waals surface area contributed by atoms with Crippen LogP contribution in [0.15, 0.2) is 36.7 Å². The molecule has 3 aromatic rings. The molecule has 0 atom stereocenters. The number of nitrogens with zero attached hydrogens (tertiary/aromatic N) is 5. The summed E-state index contributed by atoms with van der Waals surface area (Å²) in [5, 5.41) is 30.2. The molecule has 3 aromatic heterocycles. The van der Waals surface area contributed by atoms with Gasteiger partial charge in [0, 0.05) is 49.6 Å². The Labute approximate surface area is 200 Å². The Bertz CT molecular complexity index is 1220. The van der Waals surface area contributed by atoms with Gasteiger partial charge in [0.15, 0.2) is 0 Å². The second kappa shape index (κ2) is 9.16. The van der Waals surface area contributed by atoms with Crippen molar-refractivity contribution in [3.8, 4) is 23.3 Å². The van der Waals surface area contributed by atoms with E-state index in [1.54, 1.807) is 17.0 Å². The fourth-order valence-electron chi connectivity index (χ4n) is 4.55. The number of carbonyl (C=O) groups excluding carboxylic acids is 1. The van der Waals surface area contributed by atoms with Crippen molar-refractivity contribution in [3.63, 3.8) is 0 Å². The number of carbonyl (C=O) groups is 2.